The molecule has 0 bridgehead atoms. The number of guanidine groups is 1. The molecule has 1 atom stereocenters. The average molecular weight is 252 g/mol. The summed E-state index contributed by atoms with van der Waals surface area (Å²) in [5, 5.41) is 3.12. The van der Waals surface area contributed by atoms with Crippen molar-refractivity contribution < 1.29 is 4.79 Å². The summed E-state index contributed by atoms with van der Waals surface area (Å²) in [6.07, 6.45) is 6.32. The molecule has 2 aliphatic rings. The van der Waals surface area contributed by atoms with Crippen LogP contribution in [-0.2, 0) is 4.79 Å². The van der Waals surface area contributed by atoms with E-state index in [2.05, 4.69) is 17.2 Å². The summed E-state index contributed by atoms with van der Waals surface area (Å²) in [7, 11) is 0. The van der Waals surface area contributed by atoms with E-state index in [-0.39, 0.29) is 5.91 Å². The molecule has 1 aliphatic carbocycles. The quantitative estimate of drug-likeness (QED) is 0.575. The number of piperidine rings is 1. The molecule has 0 radical (unpaired) electrons. The first-order valence-electron chi connectivity index (χ1n) is 7.02. The van der Waals surface area contributed by atoms with Crippen molar-refractivity contribution in [1.82, 2.24) is 10.2 Å². The highest BCUT2D eigenvalue weighted by Gasteiger charge is 2.23. The molecular formula is C13H24N4O. The van der Waals surface area contributed by atoms with E-state index in [0.717, 1.165) is 19.4 Å². The van der Waals surface area contributed by atoms with Gasteiger partial charge in [-0.3, -0.25) is 9.79 Å². The van der Waals surface area contributed by atoms with Gasteiger partial charge in [-0.2, -0.15) is 0 Å². The third kappa shape index (κ3) is 3.89. The molecule has 0 aromatic carbocycles. The Bertz CT molecular complexity index is 325. The summed E-state index contributed by atoms with van der Waals surface area (Å²) < 4.78 is 0. The first kappa shape index (κ1) is 13.2. The first-order chi connectivity index (χ1) is 8.66. The van der Waals surface area contributed by atoms with Crippen LogP contribution in [0.25, 0.3) is 0 Å². The maximum absolute atomic E-state index is 12.0. The fourth-order valence-corrected chi connectivity index (χ4v) is 2.37. The Labute approximate surface area is 109 Å². The molecule has 3 N–H and O–H groups in total. The first-order valence-corrected chi connectivity index (χ1v) is 7.02. The van der Waals surface area contributed by atoms with Gasteiger partial charge in [0.2, 0.25) is 5.91 Å². The number of carbonyl (C=O) groups is 1. The average Bonchev–Trinajstić information content (AvgIpc) is 3.13. The van der Waals surface area contributed by atoms with Crippen molar-refractivity contribution in [2.45, 2.75) is 57.5 Å². The van der Waals surface area contributed by atoms with E-state index < -0.39 is 0 Å². The molecule has 1 heterocycles. The summed E-state index contributed by atoms with van der Waals surface area (Å²) in [6, 6.07) is 0.906. The molecule has 2 rings (SSSR count). The van der Waals surface area contributed by atoms with Gasteiger partial charge in [-0.15, -0.1) is 0 Å². The molecule has 1 aliphatic heterocycles. The predicted octanol–water partition coefficient (Wildman–Crippen LogP) is 0.844. The Kier molecular flexibility index (Phi) is 4.44. The summed E-state index contributed by atoms with van der Waals surface area (Å²) >= 11 is 0. The maximum Gasteiger partial charge on any atom is 0.224 e. The van der Waals surface area contributed by atoms with Crippen LogP contribution < -0.4 is 11.1 Å². The van der Waals surface area contributed by atoms with Crippen molar-refractivity contribution >= 4 is 11.9 Å². The number of carbonyl (C=O) groups excluding carboxylic acids is 1. The Balaban J connectivity index is 1.69. The van der Waals surface area contributed by atoms with E-state index in [9.17, 15) is 4.79 Å². The number of nitrogens with two attached hydrogens (primary N) is 1. The van der Waals surface area contributed by atoms with Gasteiger partial charge in [-0.05, 0) is 39.0 Å². The Morgan fingerprint density at radius 3 is 2.83 bits per heavy atom. The summed E-state index contributed by atoms with van der Waals surface area (Å²) in [5.41, 5.74) is 5.72. The molecule has 1 saturated carbocycles. The van der Waals surface area contributed by atoms with Gasteiger partial charge in [0, 0.05) is 25.0 Å². The number of rotatable bonds is 4. The lowest BCUT2D eigenvalue weighted by molar-refractivity contribution is -0.134. The summed E-state index contributed by atoms with van der Waals surface area (Å²) in [6.45, 7) is 3.52. The molecule has 5 heteroatoms. The van der Waals surface area contributed by atoms with E-state index in [4.69, 9.17) is 5.73 Å². The number of hydrogen-bond acceptors (Lipinski definition) is 2. The fourth-order valence-electron chi connectivity index (χ4n) is 2.37. The largest absolute Gasteiger partial charge is 0.370 e. The normalized spacial score (nSPS) is 25.1. The Morgan fingerprint density at radius 2 is 2.17 bits per heavy atom. The van der Waals surface area contributed by atoms with Crippen molar-refractivity contribution in [2.75, 3.05) is 13.1 Å². The van der Waals surface area contributed by atoms with Crippen LogP contribution in [0.3, 0.4) is 0 Å². The zero-order valence-electron chi connectivity index (χ0n) is 11.2. The highest BCUT2D eigenvalue weighted by atomic mass is 16.2. The van der Waals surface area contributed by atoms with E-state index in [1.807, 2.05) is 4.90 Å². The highest BCUT2D eigenvalue weighted by molar-refractivity contribution is 5.80. The number of nitrogens with one attached hydrogen (secondary N) is 1. The molecule has 1 saturated heterocycles. The third-order valence-electron chi connectivity index (χ3n) is 3.66. The van der Waals surface area contributed by atoms with Gasteiger partial charge in [0.15, 0.2) is 5.96 Å². The predicted molar refractivity (Wildman–Crippen MR) is 72.3 cm³/mol. The molecule has 0 aromatic rings. The second kappa shape index (κ2) is 6.07. The van der Waals surface area contributed by atoms with Crippen LogP contribution in [0.1, 0.15) is 45.4 Å². The Morgan fingerprint density at radius 1 is 1.39 bits per heavy atom. The SMILES string of the molecule is CC1CCCCN1C(=O)CCN=C(N)NC1CC1. The standard InChI is InChI=1S/C13H24N4O/c1-10-4-2-3-9-17(10)12(18)7-8-15-13(14)16-11-5-6-11/h10-11H,2-9H2,1H3,(H3,14,15,16). The van der Waals surface area contributed by atoms with Crippen LogP contribution in [0, 0.1) is 0 Å². The number of amides is 1. The van der Waals surface area contributed by atoms with Crippen molar-refractivity contribution in [3.05, 3.63) is 0 Å². The zero-order valence-corrected chi connectivity index (χ0v) is 11.2. The van der Waals surface area contributed by atoms with Crippen LogP contribution in [0.4, 0.5) is 0 Å². The molecule has 102 valence electrons. The van der Waals surface area contributed by atoms with Crippen molar-refractivity contribution in [3.63, 3.8) is 0 Å². The lowest BCUT2D eigenvalue weighted by atomic mass is 10.0. The maximum atomic E-state index is 12.0. The number of nitrogens with zero attached hydrogens (tertiary/aromatic N) is 2. The second-order valence-electron chi connectivity index (χ2n) is 5.37. The number of aliphatic imine (C=N–C) groups is 1. The van der Waals surface area contributed by atoms with Gasteiger partial charge < -0.3 is 16.0 Å². The minimum atomic E-state index is 0.213. The molecule has 0 aromatic heterocycles. The van der Waals surface area contributed by atoms with Gasteiger partial charge in [-0.25, -0.2) is 0 Å². The van der Waals surface area contributed by atoms with Crippen molar-refractivity contribution in [1.29, 1.82) is 0 Å². The van der Waals surface area contributed by atoms with E-state index in [1.54, 1.807) is 0 Å². The minimum absolute atomic E-state index is 0.213. The molecule has 1 unspecified atom stereocenters. The summed E-state index contributed by atoms with van der Waals surface area (Å²) in [5.74, 6) is 0.696. The van der Waals surface area contributed by atoms with E-state index in [0.29, 0.717) is 31.0 Å². The highest BCUT2D eigenvalue weighted by Crippen LogP contribution is 2.18. The minimum Gasteiger partial charge on any atom is -0.370 e. The van der Waals surface area contributed by atoms with Gasteiger partial charge in [-0.1, -0.05) is 0 Å². The van der Waals surface area contributed by atoms with Crippen molar-refractivity contribution in [2.24, 2.45) is 10.7 Å². The Hall–Kier alpha value is -1.26. The lowest BCUT2D eigenvalue weighted by Crippen LogP contribution is -2.42. The lowest BCUT2D eigenvalue weighted by Gasteiger charge is -2.33. The third-order valence-corrected chi connectivity index (χ3v) is 3.66. The monoisotopic (exact) mass is 252 g/mol. The van der Waals surface area contributed by atoms with E-state index >= 15 is 0 Å². The molecule has 0 spiro atoms. The van der Waals surface area contributed by atoms with Crippen LogP contribution in [-0.4, -0.2) is 41.9 Å². The van der Waals surface area contributed by atoms with Crippen molar-refractivity contribution in [3.8, 4) is 0 Å². The topological polar surface area (TPSA) is 70.7 Å². The van der Waals surface area contributed by atoms with Gasteiger partial charge in [0.05, 0.1) is 6.54 Å². The number of likely N-dealkylation sites (tertiary alicyclic amines) is 1. The molecule has 1 amide bonds. The number of hydrogen-bond donors (Lipinski definition) is 2. The second-order valence-corrected chi connectivity index (χ2v) is 5.37. The smallest absolute Gasteiger partial charge is 0.224 e. The summed E-state index contributed by atoms with van der Waals surface area (Å²) in [4.78, 5) is 18.2. The van der Waals surface area contributed by atoms with Crippen LogP contribution in [0.5, 0.6) is 0 Å². The van der Waals surface area contributed by atoms with Gasteiger partial charge in [0.25, 0.3) is 0 Å². The molecule has 2 fully saturated rings. The van der Waals surface area contributed by atoms with Crippen LogP contribution in [0.15, 0.2) is 4.99 Å². The van der Waals surface area contributed by atoms with Gasteiger partial charge >= 0.3 is 0 Å². The fraction of sp³-hybridized carbons (Fsp3) is 0.846. The van der Waals surface area contributed by atoms with Gasteiger partial charge in [0.1, 0.15) is 0 Å². The van der Waals surface area contributed by atoms with Crippen LogP contribution >= 0.6 is 0 Å². The molecule has 18 heavy (non-hydrogen) atoms. The van der Waals surface area contributed by atoms with E-state index in [1.165, 1.54) is 19.3 Å². The van der Waals surface area contributed by atoms with Crippen LogP contribution in [0.2, 0.25) is 0 Å². The molecular weight excluding hydrogens is 228 g/mol. The zero-order chi connectivity index (χ0) is 13.0. The molecule has 5 nitrogen and oxygen atoms in total.